The first-order chi connectivity index (χ1) is 25.5. The number of urea groups is 1. The maximum absolute atomic E-state index is 15.0. The van der Waals surface area contributed by atoms with Crippen LogP contribution in [-0.4, -0.2) is 82.0 Å². The fourth-order valence-electron chi connectivity index (χ4n) is 4.93. The van der Waals surface area contributed by atoms with E-state index < -0.39 is 5.82 Å². The molecule has 3 heterocycles. The Morgan fingerprint density at radius 1 is 0.827 bits per heavy atom. The van der Waals surface area contributed by atoms with E-state index in [4.69, 9.17) is 28.4 Å². The Morgan fingerprint density at radius 2 is 1.56 bits per heavy atom. The summed E-state index contributed by atoms with van der Waals surface area (Å²) in [5.74, 6) is 0.709. The van der Waals surface area contributed by atoms with Crippen molar-refractivity contribution in [2.45, 2.75) is 25.4 Å². The molecule has 274 valence electrons. The van der Waals surface area contributed by atoms with Crippen LogP contribution in [-0.2, 0) is 25.5 Å². The Labute approximate surface area is 305 Å². The zero-order chi connectivity index (χ0) is 36.0. The van der Waals surface area contributed by atoms with Gasteiger partial charge in [-0.1, -0.05) is 6.07 Å². The Hall–Kier alpha value is -4.86. The number of rotatable bonds is 21. The number of aromatic nitrogens is 2. The number of carbonyl (C=O) groups excluding carboxylic acids is 1. The standard InChI is InChI=1S/C38H42FN5O7S/c1-46-14-15-47-16-17-48-18-19-49-20-21-50-30-8-5-27(6-9-30)41-24-26-2-10-32(42-25-26)36-23-33-37(52-36)35(12-13-40-33)51-34-11-7-29(22-31(34)39)44-38(45)43-28-3-4-28/h2,5-13,22-23,25,28,41H,3-4,14-21,24H2,1H3,(H2,43,44,45). The highest BCUT2D eigenvalue weighted by Crippen LogP contribution is 2.39. The molecule has 12 nitrogen and oxygen atoms in total. The number of thiophene rings is 1. The summed E-state index contributed by atoms with van der Waals surface area (Å²) in [5, 5.41) is 8.89. The lowest BCUT2D eigenvalue weighted by Gasteiger charge is -2.10. The third-order valence-corrected chi connectivity index (χ3v) is 8.96. The SMILES string of the molecule is COCCOCCOCCOCCOc1ccc(NCc2ccc(-c3cc4nccc(Oc5ccc(NC(=O)NC6CC6)cc5F)c4s3)nc2)cc1. The second-order valence-corrected chi connectivity index (χ2v) is 12.9. The number of pyridine rings is 2. The van der Waals surface area contributed by atoms with Crippen LogP contribution in [0.3, 0.4) is 0 Å². The molecule has 6 rings (SSSR count). The number of hydrogen-bond donors (Lipinski definition) is 3. The van der Waals surface area contributed by atoms with Gasteiger partial charge in [-0.3, -0.25) is 9.97 Å². The van der Waals surface area contributed by atoms with Gasteiger partial charge in [-0.25, -0.2) is 9.18 Å². The fourth-order valence-corrected chi connectivity index (χ4v) is 5.97. The van der Waals surface area contributed by atoms with Crippen LogP contribution in [0.25, 0.3) is 20.8 Å². The highest BCUT2D eigenvalue weighted by atomic mass is 32.1. The molecule has 1 fully saturated rings. The summed E-state index contributed by atoms with van der Waals surface area (Å²) in [6, 6.07) is 19.6. The van der Waals surface area contributed by atoms with Gasteiger partial charge in [0.05, 0.1) is 67.0 Å². The number of nitrogens with one attached hydrogen (secondary N) is 3. The summed E-state index contributed by atoms with van der Waals surface area (Å²) in [5.41, 5.74) is 3.85. The molecule has 0 bridgehead atoms. The van der Waals surface area contributed by atoms with Crippen LogP contribution in [0.4, 0.5) is 20.6 Å². The summed E-state index contributed by atoms with van der Waals surface area (Å²) in [6.45, 7) is 4.74. The molecule has 0 aliphatic heterocycles. The highest BCUT2D eigenvalue weighted by molar-refractivity contribution is 7.22. The number of fused-ring (bicyclic) bond motifs is 1. The van der Waals surface area contributed by atoms with Crippen molar-refractivity contribution in [2.24, 2.45) is 0 Å². The quantitative estimate of drug-likeness (QED) is 0.0663. The summed E-state index contributed by atoms with van der Waals surface area (Å²) in [6.07, 6.45) is 5.40. The monoisotopic (exact) mass is 731 g/mol. The van der Waals surface area contributed by atoms with Crippen LogP contribution in [0.15, 0.2) is 79.1 Å². The second-order valence-electron chi connectivity index (χ2n) is 11.9. The van der Waals surface area contributed by atoms with Gasteiger partial charge in [0, 0.05) is 55.6 Å². The fraction of sp³-hybridized carbons (Fsp3) is 0.342. The number of carbonyl (C=O) groups is 1. The lowest BCUT2D eigenvalue weighted by molar-refractivity contribution is 0.000164. The van der Waals surface area contributed by atoms with E-state index >= 15 is 0 Å². The van der Waals surface area contributed by atoms with Gasteiger partial charge in [-0.05, 0) is 66.9 Å². The molecule has 14 heteroatoms. The zero-order valence-corrected chi connectivity index (χ0v) is 29.7. The third kappa shape index (κ3) is 11.3. The molecule has 0 radical (unpaired) electrons. The number of nitrogens with zero attached hydrogens (tertiary/aromatic N) is 2. The minimum absolute atomic E-state index is 0.0482. The molecule has 0 saturated heterocycles. The van der Waals surface area contributed by atoms with E-state index in [2.05, 4.69) is 25.9 Å². The molecule has 2 aromatic carbocycles. The van der Waals surface area contributed by atoms with E-state index in [-0.39, 0.29) is 17.8 Å². The van der Waals surface area contributed by atoms with Crippen LogP contribution in [0.5, 0.6) is 17.2 Å². The normalized spacial score (nSPS) is 12.5. The molecule has 0 unspecified atom stereocenters. The predicted octanol–water partition coefficient (Wildman–Crippen LogP) is 7.26. The predicted molar refractivity (Wildman–Crippen MR) is 198 cm³/mol. The van der Waals surface area contributed by atoms with E-state index in [1.807, 2.05) is 48.7 Å². The molecule has 0 spiro atoms. The summed E-state index contributed by atoms with van der Waals surface area (Å²) in [7, 11) is 1.64. The lowest BCUT2D eigenvalue weighted by atomic mass is 10.2. The van der Waals surface area contributed by atoms with Crippen molar-refractivity contribution >= 4 is 39.0 Å². The number of hydrogen-bond acceptors (Lipinski definition) is 11. The van der Waals surface area contributed by atoms with Crippen LogP contribution < -0.4 is 25.4 Å². The van der Waals surface area contributed by atoms with Crippen LogP contribution in [0.1, 0.15) is 18.4 Å². The van der Waals surface area contributed by atoms with Gasteiger partial charge < -0.3 is 44.4 Å². The van der Waals surface area contributed by atoms with Gasteiger partial charge in [-0.15, -0.1) is 11.3 Å². The molecule has 1 aliphatic carbocycles. The van der Waals surface area contributed by atoms with Crippen LogP contribution in [0, 0.1) is 5.82 Å². The van der Waals surface area contributed by atoms with E-state index in [0.29, 0.717) is 70.8 Å². The van der Waals surface area contributed by atoms with Crippen LogP contribution >= 0.6 is 11.3 Å². The average molecular weight is 732 g/mol. The summed E-state index contributed by atoms with van der Waals surface area (Å²) in [4.78, 5) is 22.1. The van der Waals surface area contributed by atoms with Crippen LogP contribution in [0.2, 0.25) is 0 Å². The van der Waals surface area contributed by atoms with Crippen molar-refractivity contribution in [3.63, 3.8) is 0 Å². The Bertz CT molecular complexity index is 1870. The largest absolute Gasteiger partial charge is 0.491 e. The third-order valence-electron chi connectivity index (χ3n) is 7.80. The summed E-state index contributed by atoms with van der Waals surface area (Å²) < 4.78 is 48.7. The van der Waals surface area contributed by atoms with Gasteiger partial charge in [-0.2, -0.15) is 0 Å². The molecule has 3 aromatic heterocycles. The van der Waals surface area contributed by atoms with Gasteiger partial charge in [0.15, 0.2) is 11.6 Å². The first-order valence-corrected chi connectivity index (χ1v) is 17.9. The molecule has 1 aliphatic rings. The minimum atomic E-state index is -0.586. The molecule has 5 aromatic rings. The maximum Gasteiger partial charge on any atom is 0.319 e. The van der Waals surface area contributed by atoms with E-state index in [1.54, 1.807) is 25.4 Å². The number of amides is 2. The van der Waals surface area contributed by atoms with Crippen molar-refractivity contribution in [1.29, 1.82) is 0 Å². The van der Waals surface area contributed by atoms with Gasteiger partial charge in [0.25, 0.3) is 0 Å². The Balaban J connectivity index is 0.931. The number of halogens is 1. The molecule has 1 saturated carbocycles. The highest BCUT2D eigenvalue weighted by Gasteiger charge is 2.23. The van der Waals surface area contributed by atoms with Gasteiger partial charge >= 0.3 is 6.03 Å². The smallest absolute Gasteiger partial charge is 0.319 e. The van der Waals surface area contributed by atoms with Crippen molar-refractivity contribution < 1.29 is 37.6 Å². The first kappa shape index (κ1) is 36.9. The first-order valence-electron chi connectivity index (χ1n) is 17.1. The Kier molecular flexibility index (Phi) is 13.6. The van der Waals surface area contributed by atoms with Crippen molar-refractivity contribution in [3.8, 4) is 27.8 Å². The number of anilines is 2. The van der Waals surface area contributed by atoms with E-state index in [1.165, 1.54) is 23.5 Å². The van der Waals surface area contributed by atoms with Crippen molar-refractivity contribution in [1.82, 2.24) is 15.3 Å². The zero-order valence-electron chi connectivity index (χ0n) is 28.9. The second kappa shape index (κ2) is 19.1. The lowest BCUT2D eigenvalue weighted by Crippen LogP contribution is -2.30. The molecule has 52 heavy (non-hydrogen) atoms. The van der Waals surface area contributed by atoms with Gasteiger partial charge in [0.1, 0.15) is 18.1 Å². The molecule has 0 atom stereocenters. The number of methoxy groups -OCH3 is 1. The minimum Gasteiger partial charge on any atom is -0.491 e. The molecule has 2 amide bonds. The molecular formula is C38H42FN5O7S. The topological polar surface area (TPSA) is 134 Å². The number of ether oxygens (including phenoxy) is 6. The number of benzene rings is 2. The average Bonchev–Trinajstić information content (AvgIpc) is 3.86. The maximum atomic E-state index is 15.0. The Morgan fingerprint density at radius 3 is 2.25 bits per heavy atom. The van der Waals surface area contributed by atoms with Crippen molar-refractivity contribution in [2.75, 3.05) is 70.6 Å². The van der Waals surface area contributed by atoms with Gasteiger partial charge in [0.2, 0.25) is 0 Å². The van der Waals surface area contributed by atoms with Crippen molar-refractivity contribution in [3.05, 3.63) is 90.5 Å². The molecule has 3 N–H and O–H groups in total. The van der Waals surface area contributed by atoms with E-state index in [9.17, 15) is 9.18 Å². The van der Waals surface area contributed by atoms with E-state index in [0.717, 1.165) is 50.6 Å². The molecular weight excluding hydrogens is 690 g/mol. The summed E-state index contributed by atoms with van der Waals surface area (Å²) >= 11 is 1.47.